The maximum Gasteiger partial charge on any atom is 0.234 e. The van der Waals surface area contributed by atoms with E-state index in [4.69, 9.17) is 5.73 Å². The molecule has 3 nitrogen and oxygen atoms in total. The molecular formula is C14H17FN2O. The number of hydrogen-bond donors (Lipinski definition) is 1. The maximum absolute atomic E-state index is 13.3. The zero-order valence-electron chi connectivity index (χ0n) is 10.3. The van der Waals surface area contributed by atoms with Crippen molar-refractivity contribution in [3.05, 3.63) is 29.6 Å². The van der Waals surface area contributed by atoms with Crippen LogP contribution in [-0.2, 0) is 11.2 Å². The Labute approximate surface area is 106 Å². The number of carbonyl (C=O) groups excluding carboxylic acids is 1. The molecule has 0 saturated heterocycles. The number of halogens is 1. The number of hydrogen-bond acceptors (Lipinski definition) is 2. The summed E-state index contributed by atoms with van der Waals surface area (Å²) in [4.78, 5) is 14.3. The van der Waals surface area contributed by atoms with Gasteiger partial charge in [-0.2, -0.15) is 0 Å². The topological polar surface area (TPSA) is 46.3 Å². The van der Waals surface area contributed by atoms with Crippen molar-refractivity contribution in [3.8, 4) is 0 Å². The molecule has 96 valence electrons. The van der Waals surface area contributed by atoms with Crippen LogP contribution in [0.15, 0.2) is 18.2 Å². The molecule has 0 radical (unpaired) electrons. The third kappa shape index (κ3) is 1.56. The van der Waals surface area contributed by atoms with Crippen LogP contribution in [0.5, 0.6) is 0 Å². The number of anilines is 1. The van der Waals surface area contributed by atoms with Gasteiger partial charge in [-0.25, -0.2) is 4.39 Å². The van der Waals surface area contributed by atoms with Crippen LogP contribution < -0.4 is 10.6 Å². The number of rotatable bonds is 2. The first-order valence-corrected chi connectivity index (χ1v) is 6.47. The van der Waals surface area contributed by atoms with E-state index in [-0.39, 0.29) is 17.1 Å². The average molecular weight is 248 g/mol. The Balaban J connectivity index is 1.92. The molecule has 1 heterocycles. The van der Waals surface area contributed by atoms with Crippen LogP contribution in [0.2, 0.25) is 0 Å². The summed E-state index contributed by atoms with van der Waals surface area (Å²) in [5, 5.41) is 0. The molecule has 1 fully saturated rings. The summed E-state index contributed by atoms with van der Waals surface area (Å²) in [5.74, 6) is -0.204. The second kappa shape index (κ2) is 4.05. The van der Waals surface area contributed by atoms with Crippen molar-refractivity contribution >= 4 is 11.6 Å². The number of amides is 1. The van der Waals surface area contributed by atoms with E-state index in [0.29, 0.717) is 13.1 Å². The minimum Gasteiger partial charge on any atom is -0.329 e. The van der Waals surface area contributed by atoms with Crippen LogP contribution in [0.4, 0.5) is 10.1 Å². The highest BCUT2D eigenvalue weighted by atomic mass is 19.1. The van der Waals surface area contributed by atoms with E-state index in [2.05, 4.69) is 0 Å². The second-order valence-electron chi connectivity index (χ2n) is 5.32. The zero-order chi connectivity index (χ0) is 12.8. The fourth-order valence-electron chi connectivity index (χ4n) is 2.96. The van der Waals surface area contributed by atoms with Gasteiger partial charge in [0.05, 0.1) is 5.41 Å². The van der Waals surface area contributed by atoms with Gasteiger partial charge in [0.1, 0.15) is 5.82 Å². The zero-order valence-corrected chi connectivity index (χ0v) is 10.3. The van der Waals surface area contributed by atoms with Gasteiger partial charge in [0.2, 0.25) is 5.91 Å². The van der Waals surface area contributed by atoms with Crippen LogP contribution in [-0.4, -0.2) is 19.0 Å². The summed E-state index contributed by atoms with van der Waals surface area (Å²) in [7, 11) is 0. The lowest BCUT2D eigenvalue weighted by Crippen LogP contribution is -2.51. The molecule has 3 rings (SSSR count). The lowest BCUT2D eigenvalue weighted by atomic mass is 9.68. The van der Waals surface area contributed by atoms with E-state index in [1.54, 1.807) is 11.0 Å². The molecule has 2 N–H and O–H groups in total. The van der Waals surface area contributed by atoms with Crippen LogP contribution in [0, 0.1) is 11.2 Å². The summed E-state index contributed by atoms with van der Waals surface area (Å²) in [6, 6.07) is 4.69. The number of benzene rings is 1. The van der Waals surface area contributed by atoms with E-state index < -0.39 is 0 Å². The van der Waals surface area contributed by atoms with Crippen molar-refractivity contribution in [2.45, 2.75) is 25.7 Å². The molecule has 18 heavy (non-hydrogen) atoms. The van der Waals surface area contributed by atoms with Gasteiger partial charge in [0, 0.05) is 18.8 Å². The smallest absolute Gasteiger partial charge is 0.234 e. The van der Waals surface area contributed by atoms with Crippen molar-refractivity contribution in [2.75, 3.05) is 18.0 Å². The molecule has 0 aromatic heterocycles. The van der Waals surface area contributed by atoms with Crippen molar-refractivity contribution < 1.29 is 9.18 Å². The summed E-state index contributed by atoms with van der Waals surface area (Å²) in [5.41, 5.74) is 7.17. The van der Waals surface area contributed by atoms with Gasteiger partial charge in [-0.05, 0) is 37.0 Å². The molecule has 4 heteroatoms. The standard InChI is InChI=1S/C14H17FN2O/c15-11-3-2-10-4-7-17(12(10)8-11)13(18)14(9-16)5-1-6-14/h2-3,8H,1,4-7,9,16H2. The lowest BCUT2D eigenvalue weighted by Gasteiger charge is -2.41. The van der Waals surface area contributed by atoms with Gasteiger partial charge >= 0.3 is 0 Å². The van der Waals surface area contributed by atoms with Gasteiger partial charge in [0.15, 0.2) is 0 Å². The van der Waals surface area contributed by atoms with E-state index in [1.165, 1.54) is 12.1 Å². The van der Waals surface area contributed by atoms with E-state index in [9.17, 15) is 9.18 Å². The van der Waals surface area contributed by atoms with Gasteiger partial charge in [-0.15, -0.1) is 0 Å². The van der Waals surface area contributed by atoms with Crippen LogP contribution in [0.1, 0.15) is 24.8 Å². The monoisotopic (exact) mass is 248 g/mol. The number of nitrogens with zero attached hydrogens (tertiary/aromatic N) is 1. The fourth-order valence-corrected chi connectivity index (χ4v) is 2.96. The third-order valence-corrected chi connectivity index (χ3v) is 4.34. The summed E-state index contributed by atoms with van der Waals surface area (Å²) in [6.07, 6.45) is 3.60. The maximum atomic E-state index is 13.3. The molecule has 1 aromatic carbocycles. The molecular weight excluding hydrogens is 231 g/mol. The first-order valence-electron chi connectivity index (χ1n) is 6.47. The molecule has 0 spiro atoms. The van der Waals surface area contributed by atoms with Gasteiger partial charge in [-0.1, -0.05) is 12.5 Å². The van der Waals surface area contributed by atoms with Crippen LogP contribution in [0.3, 0.4) is 0 Å². The first-order chi connectivity index (χ1) is 8.66. The summed E-state index contributed by atoms with van der Waals surface area (Å²) >= 11 is 0. The lowest BCUT2D eigenvalue weighted by molar-refractivity contribution is -0.132. The van der Waals surface area contributed by atoms with Crippen molar-refractivity contribution in [3.63, 3.8) is 0 Å². The Morgan fingerprint density at radius 3 is 2.83 bits per heavy atom. The van der Waals surface area contributed by atoms with Gasteiger partial charge in [0.25, 0.3) is 0 Å². The summed E-state index contributed by atoms with van der Waals surface area (Å²) < 4.78 is 13.3. The van der Waals surface area contributed by atoms with E-state index >= 15 is 0 Å². The summed E-state index contributed by atoms with van der Waals surface area (Å²) in [6.45, 7) is 1.05. The minimum absolute atomic E-state index is 0.0839. The molecule has 2 aliphatic rings. The molecule has 0 unspecified atom stereocenters. The van der Waals surface area contributed by atoms with Crippen molar-refractivity contribution in [1.82, 2.24) is 0 Å². The average Bonchev–Trinajstić information content (AvgIpc) is 2.70. The second-order valence-corrected chi connectivity index (χ2v) is 5.32. The molecule has 1 aliphatic heterocycles. The number of fused-ring (bicyclic) bond motifs is 1. The molecule has 1 amide bonds. The predicted molar refractivity (Wildman–Crippen MR) is 67.8 cm³/mol. The number of carbonyl (C=O) groups is 1. The highest BCUT2D eigenvalue weighted by Gasteiger charge is 2.46. The van der Waals surface area contributed by atoms with Gasteiger partial charge in [-0.3, -0.25) is 4.79 Å². The number of nitrogens with two attached hydrogens (primary N) is 1. The van der Waals surface area contributed by atoms with Crippen molar-refractivity contribution in [2.24, 2.45) is 11.1 Å². The van der Waals surface area contributed by atoms with Crippen LogP contribution >= 0.6 is 0 Å². The predicted octanol–water partition coefficient (Wildman–Crippen LogP) is 1.84. The minimum atomic E-state index is -0.381. The third-order valence-electron chi connectivity index (χ3n) is 4.34. The SMILES string of the molecule is NCC1(C(=O)N2CCc3ccc(F)cc32)CCC1. The molecule has 0 atom stereocenters. The molecule has 1 aliphatic carbocycles. The first kappa shape index (κ1) is 11.7. The molecule has 1 aromatic rings. The normalized spacial score (nSPS) is 20.4. The highest BCUT2D eigenvalue weighted by molar-refractivity contribution is 6.00. The van der Waals surface area contributed by atoms with E-state index in [1.807, 2.05) is 0 Å². The highest BCUT2D eigenvalue weighted by Crippen LogP contribution is 2.43. The Hall–Kier alpha value is -1.42. The fraction of sp³-hybridized carbons (Fsp3) is 0.500. The Kier molecular flexibility index (Phi) is 2.63. The Morgan fingerprint density at radius 2 is 2.22 bits per heavy atom. The van der Waals surface area contributed by atoms with Crippen LogP contribution in [0.25, 0.3) is 0 Å². The van der Waals surface area contributed by atoms with E-state index in [0.717, 1.165) is 36.9 Å². The quantitative estimate of drug-likeness (QED) is 0.868. The van der Waals surface area contributed by atoms with Gasteiger partial charge < -0.3 is 10.6 Å². The van der Waals surface area contributed by atoms with Crippen molar-refractivity contribution in [1.29, 1.82) is 0 Å². The Morgan fingerprint density at radius 1 is 1.44 bits per heavy atom. The largest absolute Gasteiger partial charge is 0.329 e. The Bertz CT molecular complexity index is 491. The molecule has 0 bridgehead atoms. The molecule has 1 saturated carbocycles.